The van der Waals surface area contributed by atoms with Crippen LogP contribution in [0, 0.1) is 12.8 Å². The van der Waals surface area contributed by atoms with Gasteiger partial charge in [-0.3, -0.25) is 5.10 Å². The molecule has 4 N–H and O–H groups in total. The standard InChI is InChI=1S/C19H23N7OS/c1-10-4-16(26-25-10)22-17-15-2-3-28-18(15)24-19(23-17)21-14-7-12-5-11(9-27)6-13(8-14)20-12/h2-4,9,11-14,20H,5-8H2,1H3,(H3,21,22,23,24,25,26)/t11?,12-,13?,14?/m0/s1. The van der Waals surface area contributed by atoms with E-state index < -0.39 is 0 Å². The minimum atomic E-state index is 0.198. The molecule has 0 amide bonds. The number of aromatic amines is 1. The molecule has 5 heterocycles. The quantitative estimate of drug-likeness (QED) is 0.490. The summed E-state index contributed by atoms with van der Waals surface area (Å²) in [6.45, 7) is 1.97. The summed E-state index contributed by atoms with van der Waals surface area (Å²) in [5.41, 5.74) is 0.992. The maximum absolute atomic E-state index is 11.2. The van der Waals surface area contributed by atoms with Gasteiger partial charge < -0.3 is 20.7 Å². The van der Waals surface area contributed by atoms with Crippen LogP contribution in [0.5, 0.6) is 0 Å². The second kappa shape index (κ2) is 7.14. The van der Waals surface area contributed by atoms with Crippen LogP contribution in [-0.4, -0.2) is 44.6 Å². The number of aldehydes is 1. The summed E-state index contributed by atoms with van der Waals surface area (Å²) in [6.07, 6.45) is 4.93. The van der Waals surface area contributed by atoms with Gasteiger partial charge in [0.1, 0.15) is 16.9 Å². The number of hydrogen-bond acceptors (Lipinski definition) is 8. The van der Waals surface area contributed by atoms with E-state index in [9.17, 15) is 4.79 Å². The van der Waals surface area contributed by atoms with Crippen molar-refractivity contribution in [2.24, 2.45) is 5.92 Å². The molecule has 0 saturated carbocycles. The SMILES string of the molecule is Cc1cc(Nc2nc(NC3CC4CC(C=O)C[C@@H](C3)N4)nc3sccc23)n[nH]1. The van der Waals surface area contributed by atoms with Crippen LogP contribution >= 0.6 is 11.3 Å². The molecule has 8 nitrogen and oxygen atoms in total. The molecule has 3 unspecified atom stereocenters. The summed E-state index contributed by atoms with van der Waals surface area (Å²) in [5.74, 6) is 2.34. The minimum Gasteiger partial charge on any atom is -0.351 e. The van der Waals surface area contributed by atoms with Crippen molar-refractivity contribution in [3.8, 4) is 0 Å². The molecule has 28 heavy (non-hydrogen) atoms. The number of fused-ring (bicyclic) bond motifs is 3. The Morgan fingerprint density at radius 3 is 2.75 bits per heavy atom. The zero-order valence-electron chi connectivity index (χ0n) is 15.6. The van der Waals surface area contributed by atoms with Crippen LogP contribution in [0.4, 0.5) is 17.6 Å². The number of aryl methyl sites for hydroxylation is 1. The topological polar surface area (TPSA) is 108 Å². The first-order chi connectivity index (χ1) is 13.7. The number of hydrogen-bond donors (Lipinski definition) is 4. The van der Waals surface area contributed by atoms with Crippen LogP contribution in [0.25, 0.3) is 10.2 Å². The normalized spacial score (nSPS) is 26.9. The highest BCUT2D eigenvalue weighted by molar-refractivity contribution is 7.16. The van der Waals surface area contributed by atoms with Gasteiger partial charge in [-0.2, -0.15) is 10.1 Å². The van der Waals surface area contributed by atoms with E-state index in [1.807, 2.05) is 24.4 Å². The third kappa shape index (κ3) is 3.47. The Morgan fingerprint density at radius 2 is 2.04 bits per heavy atom. The van der Waals surface area contributed by atoms with E-state index in [1.54, 1.807) is 11.3 Å². The monoisotopic (exact) mass is 397 g/mol. The lowest BCUT2D eigenvalue weighted by Gasteiger charge is -2.42. The van der Waals surface area contributed by atoms with Gasteiger partial charge >= 0.3 is 0 Å². The van der Waals surface area contributed by atoms with Gasteiger partial charge in [-0.25, -0.2) is 4.98 Å². The lowest BCUT2D eigenvalue weighted by atomic mass is 9.79. The lowest BCUT2D eigenvalue weighted by molar-refractivity contribution is -0.112. The Balaban J connectivity index is 1.37. The number of nitrogens with zero attached hydrogens (tertiary/aromatic N) is 3. The zero-order valence-corrected chi connectivity index (χ0v) is 16.4. The van der Waals surface area contributed by atoms with Crippen LogP contribution in [0.2, 0.25) is 0 Å². The molecule has 0 aromatic carbocycles. The predicted molar refractivity (Wildman–Crippen MR) is 110 cm³/mol. The summed E-state index contributed by atoms with van der Waals surface area (Å²) in [6, 6.07) is 5.05. The van der Waals surface area contributed by atoms with E-state index in [1.165, 1.54) is 0 Å². The highest BCUT2D eigenvalue weighted by atomic mass is 32.1. The number of H-pyrrole nitrogens is 1. The number of nitrogens with one attached hydrogen (secondary N) is 4. The van der Waals surface area contributed by atoms with Crippen molar-refractivity contribution >= 4 is 45.4 Å². The van der Waals surface area contributed by atoms with Gasteiger partial charge in [0.15, 0.2) is 5.82 Å². The molecule has 2 aliphatic heterocycles. The molecule has 9 heteroatoms. The Morgan fingerprint density at radius 1 is 1.21 bits per heavy atom. The van der Waals surface area contributed by atoms with Gasteiger partial charge in [0, 0.05) is 35.8 Å². The van der Waals surface area contributed by atoms with Crippen molar-refractivity contribution in [3.63, 3.8) is 0 Å². The zero-order chi connectivity index (χ0) is 19.1. The molecular weight excluding hydrogens is 374 g/mol. The maximum Gasteiger partial charge on any atom is 0.226 e. The molecule has 2 fully saturated rings. The summed E-state index contributed by atoms with van der Waals surface area (Å²) in [5, 5.41) is 20.7. The molecule has 0 spiro atoms. The molecule has 0 radical (unpaired) electrons. The fourth-order valence-electron chi connectivity index (χ4n) is 4.44. The average molecular weight is 398 g/mol. The number of anilines is 3. The van der Waals surface area contributed by atoms with E-state index in [0.717, 1.165) is 59.5 Å². The molecule has 5 rings (SSSR count). The summed E-state index contributed by atoms with van der Waals surface area (Å²) < 4.78 is 0. The largest absolute Gasteiger partial charge is 0.351 e. The highest BCUT2D eigenvalue weighted by Crippen LogP contribution is 2.32. The summed E-state index contributed by atoms with van der Waals surface area (Å²) in [7, 11) is 0. The number of thiophene rings is 1. The fourth-order valence-corrected chi connectivity index (χ4v) is 5.20. The maximum atomic E-state index is 11.2. The minimum absolute atomic E-state index is 0.198. The van der Waals surface area contributed by atoms with E-state index in [-0.39, 0.29) is 5.92 Å². The van der Waals surface area contributed by atoms with Crippen LogP contribution in [0.15, 0.2) is 17.5 Å². The lowest BCUT2D eigenvalue weighted by Crippen LogP contribution is -2.54. The van der Waals surface area contributed by atoms with Crippen LogP contribution in [0.1, 0.15) is 31.4 Å². The highest BCUT2D eigenvalue weighted by Gasteiger charge is 2.35. The van der Waals surface area contributed by atoms with Crippen LogP contribution < -0.4 is 16.0 Å². The number of rotatable bonds is 5. The van der Waals surface area contributed by atoms with Crippen LogP contribution in [-0.2, 0) is 4.79 Å². The van der Waals surface area contributed by atoms with Gasteiger partial charge in [-0.05, 0) is 44.1 Å². The van der Waals surface area contributed by atoms with Gasteiger partial charge in [0.05, 0.1) is 5.39 Å². The van der Waals surface area contributed by atoms with Gasteiger partial charge in [0.25, 0.3) is 0 Å². The summed E-state index contributed by atoms with van der Waals surface area (Å²) >= 11 is 1.60. The first-order valence-electron chi connectivity index (χ1n) is 9.68. The molecule has 4 atom stereocenters. The van der Waals surface area contributed by atoms with Crippen molar-refractivity contribution < 1.29 is 4.79 Å². The van der Waals surface area contributed by atoms with Crippen molar-refractivity contribution in [1.82, 2.24) is 25.5 Å². The van der Waals surface area contributed by atoms with Crippen molar-refractivity contribution in [2.45, 2.75) is 50.7 Å². The molecule has 3 aromatic rings. The molecular formula is C19H23N7OS. The Hall–Kier alpha value is -2.52. The Labute approximate surface area is 166 Å². The van der Waals surface area contributed by atoms with Crippen LogP contribution in [0.3, 0.4) is 0 Å². The third-order valence-corrected chi connectivity index (χ3v) is 6.39. The smallest absolute Gasteiger partial charge is 0.226 e. The number of aromatic nitrogens is 4. The number of carbonyl (C=O) groups is 1. The first kappa shape index (κ1) is 17.6. The second-order valence-electron chi connectivity index (χ2n) is 7.84. The number of piperidine rings is 2. The van der Waals surface area contributed by atoms with Gasteiger partial charge in [0.2, 0.25) is 5.95 Å². The fraction of sp³-hybridized carbons (Fsp3) is 0.474. The number of carbonyl (C=O) groups excluding carboxylic acids is 1. The van der Waals surface area contributed by atoms with E-state index in [4.69, 9.17) is 9.97 Å². The first-order valence-corrected chi connectivity index (χ1v) is 10.6. The molecule has 2 aliphatic rings. The van der Waals surface area contributed by atoms with Gasteiger partial charge in [-0.15, -0.1) is 11.3 Å². The predicted octanol–water partition coefficient (Wildman–Crippen LogP) is 2.98. The second-order valence-corrected chi connectivity index (χ2v) is 8.73. The van der Waals surface area contributed by atoms with Crippen molar-refractivity contribution in [2.75, 3.05) is 10.6 Å². The average Bonchev–Trinajstić information content (AvgIpc) is 3.29. The van der Waals surface area contributed by atoms with E-state index >= 15 is 0 Å². The Bertz CT molecular complexity index is 985. The molecule has 3 aromatic heterocycles. The van der Waals surface area contributed by atoms with Crippen molar-refractivity contribution in [3.05, 3.63) is 23.2 Å². The van der Waals surface area contributed by atoms with Crippen molar-refractivity contribution in [1.29, 1.82) is 0 Å². The molecule has 0 aliphatic carbocycles. The Kier molecular flexibility index (Phi) is 4.48. The van der Waals surface area contributed by atoms with E-state index in [0.29, 0.717) is 24.1 Å². The molecule has 2 saturated heterocycles. The molecule has 2 bridgehead atoms. The third-order valence-electron chi connectivity index (χ3n) is 5.59. The summed E-state index contributed by atoms with van der Waals surface area (Å²) in [4.78, 5) is 21.6. The molecule has 146 valence electrons. The van der Waals surface area contributed by atoms with E-state index in [2.05, 4.69) is 26.1 Å². The van der Waals surface area contributed by atoms with Gasteiger partial charge in [-0.1, -0.05) is 0 Å².